The molecule has 3 N–H and O–H groups in total. The van der Waals surface area contributed by atoms with Crippen LogP contribution in [0.2, 0.25) is 0 Å². The van der Waals surface area contributed by atoms with Crippen LogP contribution in [-0.2, 0) is 9.53 Å². The molecule has 0 radical (unpaired) electrons. The lowest BCUT2D eigenvalue weighted by Crippen LogP contribution is -2.49. The Balaban J connectivity index is 4.48. The number of carbonyl (C=O) groups is 2. The third-order valence-corrected chi connectivity index (χ3v) is 3.27. The second-order valence-electron chi connectivity index (χ2n) is 5.11. The number of thioether (sulfide) groups is 1. The Bertz CT molecular complexity index is 303. The molecule has 0 aliphatic rings. The van der Waals surface area contributed by atoms with Crippen molar-refractivity contribution in [2.45, 2.75) is 51.9 Å². The van der Waals surface area contributed by atoms with Gasteiger partial charge in [-0.25, -0.2) is 9.59 Å². The standard InChI is InChI=1S/C12H23NO5S/c1-5-6-19-7-8(9(14)10(15)16)13-11(17)18-12(2,3)4/h8-9,14H,5-7H2,1-4H3,(H,13,17)(H,15,16). The predicted octanol–water partition coefficient (Wildman–Crippen LogP) is 1.47. The molecule has 19 heavy (non-hydrogen) atoms. The second kappa shape index (κ2) is 8.27. The average Bonchev–Trinajstić information content (AvgIpc) is 2.24. The van der Waals surface area contributed by atoms with E-state index in [1.54, 1.807) is 20.8 Å². The maximum atomic E-state index is 11.6. The van der Waals surface area contributed by atoms with Crippen molar-refractivity contribution in [1.82, 2.24) is 5.32 Å². The van der Waals surface area contributed by atoms with E-state index in [4.69, 9.17) is 9.84 Å². The number of carbonyl (C=O) groups excluding carboxylic acids is 1. The number of hydrogen-bond acceptors (Lipinski definition) is 5. The van der Waals surface area contributed by atoms with Crippen molar-refractivity contribution in [3.8, 4) is 0 Å². The van der Waals surface area contributed by atoms with E-state index in [-0.39, 0.29) is 0 Å². The number of carboxylic acids is 1. The van der Waals surface area contributed by atoms with Gasteiger partial charge in [0.1, 0.15) is 5.60 Å². The normalized spacial score (nSPS) is 14.6. The molecule has 0 aliphatic carbocycles. The first-order chi connectivity index (χ1) is 8.67. The summed E-state index contributed by atoms with van der Waals surface area (Å²) in [5.74, 6) is -0.211. The number of hydrogen-bond donors (Lipinski definition) is 3. The number of aliphatic hydroxyl groups is 1. The minimum Gasteiger partial charge on any atom is -0.479 e. The molecule has 1 amide bonds. The van der Waals surface area contributed by atoms with E-state index in [0.29, 0.717) is 5.75 Å². The molecular formula is C12H23NO5S. The van der Waals surface area contributed by atoms with Crippen LogP contribution in [0.15, 0.2) is 0 Å². The van der Waals surface area contributed by atoms with Crippen LogP contribution in [0, 0.1) is 0 Å². The summed E-state index contributed by atoms with van der Waals surface area (Å²) in [7, 11) is 0. The van der Waals surface area contributed by atoms with Crippen molar-refractivity contribution >= 4 is 23.8 Å². The molecule has 0 bridgehead atoms. The van der Waals surface area contributed by atoms with E-state index in [9.17, 15) is 14.7 Å². The van der Waals surface area contributed by atoms with Gasteiger partial charge in [-0.3, -0.25) is 0 Å². The SMILES string of the molecule is CCCSCC(NC(=O)OC(C)(C)C)C(O)C(=O)O. The lowest BCUT2D eigenvalue weighted by molar-refractivity contribution is -0.147. The van der Waals surface area contributed by atoms with Gasteiger partial charge in [0.05, 0.1) is 6.04 Å². The van der Waals surface area contributed by atoms with Crippen molar-refractivity contribution in [1.29, 1.82) is 0 Å². The van der Waals surface area contributed by atoms with E-state index >= 15 is 0 Å². The maximum absolute atomic E-state index is 11.6. The summed E-state index contributed by atoms with van der Waals surface area (Å²) in [4.78, 5) is 22.4. The van der Waals surface area contributed by atoms with Crippen molar-refractivity contribution in [2.24, 2.45) is 0 Å². The Labute approximate surface area is 117 Å². The molecule has 0 aromatic heterocycles. The average molecular weight is 293 g/mol. The topological polar surface area (TPSA) is 95.9 Å². The van der Waals surface area contributed by atoms with Crippen LogP contribution in [0.25, 0.3) is 0 Å². The first-order valence-electron chi connectivity index (χ1n) is 6.15. The van der Waals surface area contributed by atoms with Gasteiger partial charge >= 0.3 is 12.1 Å². The van der Waals surface area contributed by atoms with Crippen LogP contribution in [0.4, 0.5) is 4.79 Å². The van der Waals surface area contributed by atoms with Gasteiger partial charge in [-0.15, -0.1) is 0 Å². The van der Waals surface area contributed by atoms with Gasteiger partial charge in [0.2, 0.25) is 0 Å². The highest BCUT2D eigenvalue weighted by Gasteiger charge is 2.28. The zero-order chi connectivity index (χ0) is 15.1. The highest BCUT2D eigenvalue weighted by molar-refractivity contribution is 7.99. The van der Waals surface area contributed by atoms with E-state index in [1.165, 1.54) is 11.8 Å². The van der Waals surface area contributed by atoms with Gasteiger partial charge in [0, 0.05) is 5.75 Å². The number of amides is 1. The smallest absolute Gasteiger partial charge is 0.408 e. The van der Waals surface area contributed by atoms with Crippen molar-refractivity contribution in [3.63, 3.8) is 0 Å². The number of nitrogens with one attached hydrogen (secondary N) is 1. The second-order valence-corrected chi connectivity index (χ2v) is 6.26. The Morgan fingerprint density at radius 1 is 1.37 bits per heavy atom. The van der Waals surface area contributed by atoms with E-state index < -0.39 is 29.8 Å². The van der Waals surface area contributed by atoms with Gasteiger partial charge in [0.15, 0.2) is 6.10 Å². The fraction of sp³-hybridized carbons (Fsp3) is 0.833. The molecule has 0 saturated carbocycles. The zero-order valence-corrected chi connectivity index (χ0v) is 12.6. The van der Waals surface area contributed by atoms with Gasteiger partial charge in [-0.2, -0.15) is 11.8 Å². The molecule has 0 fully saturated rings. The molecule has 2 unspecified atom stereocenters. The Morgan fingerprint density at radius 2 is 1.95 bits per heavy atom. The number of aliphatic hydroxyl groups excluding tert-OH is 1. The minimum absolute atomic E-state index is 0.320. The van der Waals surface area contributed by atoms with Crippen molar-refractivity contribution < 1.29 is 24.5 Å². The van der Waals surface area contributed by atoms with Gasteiger partial charge in [0.25, 0.3) is 0 Å². The molecule has 0 saturated heterocycles. The molecule has 0 rings (SSSR count). The summed E-state index contributed by atoms with van der Waals surface area (Å²) < 4.78 is 5.04. The van der Waals surface area contributed by atoms with Gasteiger partial charge in [-0.05, 0) is 32.9 Å². The minimum atomic E-state index is -1.64. The summed E-state index contributed by atoms with van der Waals surface area (Å²) >= 11 is 1.47. The molecule has 6 nitrogen and oxygen atoms in total. The largest absolute Gasteiger partial charge is 0.479 e. The summed E-state index contributed by atoms with van der Waals surface area (Å²) in [6.07, 6.45) is -1.43. The number of rotatable bonds is 7. The van der Waals surface area contributed by atoms with E-state index in [1.807, 2.05) is 6.92 Å². The van der Waals surface area contributed by atoms with Crippen LogP contribution >= 0.6 is 11.8 Å². The summed E-state index contributed by atoms with van der Waals surface area (Å²) in [6.45, 7) is 7.13. The highest BCUT2D eigenvalue weighted by atomic mass is 32.2. The predicted molar refractivity (Wildman–Crippen MR) is 74.4 cm³/mol. The molecule has 0 aliphatic heterocycles. The highest BCUT2D eigenvalue weighted by Crippen LogP contribution is 2.11. The van der Waals surface area contributed by atoms with Crippen LogP contribution in [0.3, 0.4) is 0 Å². The Hall–Kier alpha value is -0.950. The fourth-order valence-corrected chi connectivity index (χ4v) is 2.17. The van der Waals surface area contributed by atoms with Crippen LogP contribution < -0.4 is 5.32 Å². The number of alkyl carbamates (subject to hydrolysis) is 1. The Kier molecular flexibility index (Phi) is 7.85. The number of ether oxygens (including phenoxy) is 1. The zero-order valence-electron chi connectivity index (χ0n) is 11.8. The van der Waals surface area contributed by atoms with Crippen LogP contribution in [0.1, 0.15) is 34.1 Å². The molecular weight excluding hydrogens is 270 g/mol. The lowest BCUT2D eigenvalue weighted by Gasteiger charge is -2.24. The van der Waals surface area contributed by atoms with E-state index in [0.717, 1.165) is 12.2 Å². The molecule has 112 valence electrons. The summed E-state index contributed by atoms with van der Waals surface area (Å²) in [6, 6.07) is -0.871. The Morgan fingerprint density at radius 3 is 2.37 bits per heavy atom. The monoisotopic (exact) mass is 293 g/mol. The third-order valence-electron chi connectivity index (χ3n) is 1.98. The van der Waals surface area contributed by atoms with E-state index in [2.05, 4.69) is 5.32 Å². The number of aliphatic carboxylic acids is 1. The first-order valence-corrected chi connectivity index (χ1v) is 7.31. The van der Waals surface area contributed by atoms with Crippen LogP contribution in [0.5, 0.6) is 0 Å². The first kappa shape index (κ1) is 18.0. The van der Waals surface area contributed by atoms with Crippen molar-refractivity contribution in [3.05, 3.63) is 0 Å². The molecule has 2 atom stereocenters. The van der Waals surface area contributed by atoms with Gasteiger partial charge in [-0.1, -0.05) is 6.92 Å². The van der Waals surface area contributed by atoms with Gasteiger partial charge < -0.3 is 20.3 Å². The summed E-state index contributed by atoms with van der Waals surface area (Å²) in [5.41, 5.74) is -0.667. The molecule has 0 aromatic rings. The molecule has 7 heteroatoms. The molecule has 0 spiro atoms. The molecule has 0 heterocycles. The lowest BCUT2D eigenvalue weighted by atomic mass is 10.2. The van der Waals surface area contributed by atoms with Crippen LogP contribution in [-0.4, -0.2) is 51.5 Å². The molecule has 0 aromatic carbocycles. The van der Waals surface area contributed by atoms with Crippen molar-refractivity contribution in [2.75, 3.05) is 11.5 Å². The summed E-state index contributed by atoms with van der Waals surface area (Å²) in [5, 5.41) is 20.8. The maximum Gasteiger partial charge on any atom is 0.408 e. The quantitative estimate of drug-likeness (QED) is 0.615. The fourth-order valence-electron chi connectivity index (χ4n) is 1.20. The number of carboxylic acid groups (broad SMARTS) is 1. The third kappa shape index (κ3) is 8.72.